The largest absolute Gasteiger partial charge is 0.347 e. The summed E-state index contributed by atoms with van der Waals surface area (Å²) in [6.07, 6.45) is 0.408. The molecule has 4 nitrogen and oxygen atoms in total. The van der Waals surface area contributed by atoms with E-state index in [1.165, 1.54) is 0 Å². The highest BCUT2D eigenvalue weighted by molar-refractivity contribution is 9.09. The molecule has 0 heterocycles. The van der Waals surface area contributed by atoms with Crippen molar-refractivity contribution in [2.45, 2.75) is 20.3 Å². The molecule has 0 fully saturated rings. The Bertz CT molecular complexity index is 193. The van der Waals surface area contributed by atoms with Gasteiger partial charge in [-0.3, -0.25) is 9.59 Å². The van der Waals surface area contributed by atoms with Crippen LogP contribution in [-0.4, -0.2) is 41.7 Å². The Balaban J connectivity index is 3.77. The van der Waals surface area contributed by atoms with Crippen molar-refractivity contribution in [3.63, 3.8) is 0 Å². The zero-order valence-electron chi connectivity index (χ0n) is 8.68. The first-order chi connectivity index (χ1) is 6.65. The van der Waals surface area contributed by atoms with Crippen LogP contribution in [0.4, 0.5) is 0 Å². The summed E-state index contributed by atoms with van der Waals surface area (Å²) in [5.41, 5.74) is 0. The second-order valence-electron chi connectivity index (χ2n) is 2.78. The van der Waals surface area contributed by atoms with Gasteiger partial charge in [-0.1, -0.05) is 15.9 Å². The third-order valence-corrected chi connectivity index (χ3v) is 2.27. The molecule has 0 aromatic carbocycles. The van der Waals surface area contributed by atoms with Gasteiger partial charge >= 0.3 is 0 Å². The Labute approximate surface area is 93.2 Å². The van der Waals surface area contributed by atoms with Crippen LogP contribution in [0.1, 0.15) is 20.3 Å². The number of likely N-dealkylation sites (N-methyl/N-ethyl adjacent to an activating group) is 1. The lowest BCUT2D eigenvalue weighted by molar-refractivity contribution is -0.132. The van der Waals surface area contributed by atoms with Crippen LogP contribution in [0, 0.1) is 0 Å². The van der Waals surface area contributed by atoms with Crippen LogP contribution >= 0.6 is 15.9 Å². The fourth-order valence-corrected chi connectivity index (χ4v) is 1.40. The summed E-state index contributed by atoms with van der Waals surface area (Å²) in [6.45, 7) is 5.31. The molecule has 0 bridgehead atoms. The zero-order chi connectivity index (χ0) is 11.0. The Morgan fingerprint density at radius 3 is 2.29 bits per heavy atom. The molecule has 0 aliphatic heterocycles. The summed E-state index contributed by atoms with van der Waals surface area (Å²) in [7, 11) is 0. The van der Waals surface area contributed by atoms with Crippen molar-refractivity contribution in [3.8, 4) is 0 Å². The lowest BCUT2D eigenvalue weighted by Crippen LogP contribution is -2.40. The van der Waals surface area contributed by atoms with E-state index in [1.807, 2.05) is 13.8 Å². The van der Waals surface area contributed by atoms with E-state index >= 15 is 0 Å². The van der Waals surface area contributed by atoms with Gasteiger partial charge in [0, 0.05) is 24.8 Å². The highest BCUT2D eigenvalue weighted by atomic mass is 79.9. The molecule has 0 spiro atoms. The molecule has 82 valence electrons. The van der Waals surface area contributed by atoms with Gasteiger partial charge in [-0.25, -0.2) is 0 Å². The van der Waals surface area contributed by atoms with Crippen LogP contribution in [0.25, 0.3) is 0 Å². The van der Waals surface area contributed by atoms with E-state index in [4.69, 9.17) is 0 Å². The smallest absolute Gasteiger partial charge is 0.241 e. The summed E-state index contributed by atoms with van der Waals surface area (Å²) in [6, 6.07) is 0. The molecule has 0 aliphatic rings. The fraction of sp³-hybridized carbons (Fsp3) is 0.778. The molecule has 0 saturated carbocycles. The van der Waals surface area contributed by atoms with Crippen molar-refractivity contribution in [1.29, 1.82) is 0 Å². The number of hydrogen-bond acceptors (Lipinski definition) is 2. The van der Waals surface area contributed by atoms with Crippen molar-refractivity contribution in [2.24, 2.45) is 0 Å². The van der Waals surface area contributed by atoms with Crippen LogP contribution < -0.4 is 5.32 Å². The molecule has 1 N–H and O–H groups in total. The van der Waals surface area contributed by atoms with Crippen molar-refractivity contribution in [1.82, 2.24) is 10.2 Å². The maximum absolute atomic E-state index is 11.4. The molecule has 2 amide bonds. The average Bonchev–Trinajstić information content (AvgIpc) is 2.17. The first-order valence-electron chi connectivity index (χ1n) is 4.76. The summed E-state index contributed by atoms with van der Waals surface area (Å²) < 4.78 is 0. The minimum absolute atomic E-state index is 0.0297. The quantitative estimate of drug-likeness (QED) is 0.721. The molecule has 14 heavy (non-hydrogen) atoms. The second-order valence-corrected chi connectivity index (χ2v) is 3.57. The van der Waals surface area contributed by atoms with Crippen LogP contribution in [-0.2, 0) is 9.59 Å². The second kappa shape index (κ2) is 7.79. The first-order valence-corrected chi connectivity index (χ1v) is 5.88. The summed E-state index contributed by atoms with van der Waals surface area (Å²) >= 11 is 3.16. The van der Waals surface area contributed by atoms with Crippen LogP contribution in [0.15, 0.2) is 0 Å². The van der Waals surface area contributed by atoms with E-state index in [0.717, 1.165) is 0 Å². The number of rotatable bonds is 6. The minimum Gasteiger partial charge on any atom is -0.347 e. The molecule has 5 heteroatoms. The summed E-state index contributed by atoms with van der Waals surface area (Å²) in [4.78, 5) is 24.1. The summed E-state index contributed by atoms with van der Waals surface area (Å²) in [5.74, 6) is -0.125. The van der Waals surface area contributed by atoms with Crippen molar-refractivity contribution in [2.75, 3.05) is 25.0 Å². The molecule has 0 aromatic heterocycles. The Morgan fingerprint density at radius 2 is 1.86 bits per heavy atom. The third-order valence-electron chi connectivity index (χ3n) is 1.87. The molecule has 0 rings (SSSR count). The summed E-state index contributed by atoms with van der Waals surface area (Å²) in [5, 5.41) is 3.20. The molecule has 0 unspecified atom stereocenters. The Hall–Kier alpha value is -0.580. The van der Waals surface area contributed by atoms with Crippen LogP contribution in [0.5, 0.6) is 0 Å². The molecule has 0 aliphatic carbocycles. The van der Waals surface area contributed by atoms with E-state index < -0.39 is 0 Å². The first kappa shape index (κ1) is 13.4. The highest BCUT2D eigenvalue weighted by Gasteiger charge is 2.10. The number of alkyl halides is 1. The van der Waals surface area contributed by atoms with Gasteiger partial charge in [0.2, 0.25) is 11.8 Å². The number of carbonyl (C=O) groups excluding carboxylic acids is 2. The molecular formula is C9H17BrN2O2. The monoisotopic (exact) mass is 264 g/mol. The molecule has 0 radical (unpaired) electrons. The Kier molecular flexibility index (Phi) is 7.47. The maximum atomic E-state index is 11.4. The van der Waals surface area contributed by atoms with Crippen molar-refractivity contribution < 1.29 is 9.59 Å². The van der Waals surface area contributed by atoms with Gasteiger partial charge in [-0.15, -0.1) is 0 Å². The van der Waals surface area contributed by atoms with E-state index in [9.17, 15) is 9.59 Å². The number of carbonyl (C=O) groups is 2. The standard InChI is InChI=1S/C9H17BrN2O2/c1-3-12(4-2)9(14)7-11-8(13)5-6-10/h3-7H2,1-2H3,(H,11,13). The third kappa shape index (κ3) is 5.21. The maximum Gasteiger partial charge on any atom is 0.241 e. The van der Waals surface area contributed by atoms with Crippen LogP contribution in [0.3, 0.4) is 0 Å². The van der Waals surface area contributed by atoms with Crippen LogP contribution in [0.2, 0.25) is 0 Å². The van der Waals surface area contributed by atoms with Gasteiger partial charge in [0.05, 0.1) is 6.54 Å². The zero-order valence-corrected chi connectivity index (χ0v) is 10.3. The predicted octanol–water partition coefficient (Wildman–Crippen LogP) is 0.756. The highest BCUT2D eigenvalue weighted by Crippen LogP contribution is 1.89. The molecule has 0 aromatic rings. The van der Waals surface area contributed by atoms with Gasteiger partial charge in [0.1, 0.15) is 0 Å². The van der Waals surface area contributed by atoms with Gasteiger partial charge in [0.15, 0.2) is 0 Å². The van der Waals surface area contributed by atoms with Crippen molar-refractivity contribution in [3.05, 3.63) is 0 Å². The lowest BCUT2D eigenvalue weighted by atomic mass is 10.4. The van der Waals surface area contributed by atoms with Gasteiger partial charge in [-0.2, -0.15) is 0 Å². The van der Waals surface area contributed by atoms with E-state index in [-0.39, 0.29) is 18.4 Å². The number of nitrogens with one attached hydrogen (secondary N) is 1. The average molecular weight is 265 g/mol. The van der Waals surface area contributed by atoms with E-state index in [2.05, 4.69) is 21.2 Å². The van der Waals surface area contributed by atoms with Gasteiger partial charge in [-0.05, 0) is 13.8 Å². The fourth-order valence-electron chi connectivity index (χ4n) is 1.04. The Morgan fingerprint density at radius 1 is 1.29 bits per heavy atom. The predicted molar refractivity (Wildman–Crippen MR) is 59.3 cm³/mol. The molecule has 0 atom stereocenters. The van der Waals surface area contributed by atoms with Crippen molar-refractivity contribution >= 4 is 27.7 Å². The van der Waals surface area contributed by atoms with Gasteiger partial charge in [0.25, 0.3) is 0 Å². The number of nitrogens with zero attached hydrogens (tertiary/aromatic N) is 1. The van der Waals surface area contributed by atoms with E-state index in [0.29, 0.717) is 24.8 Å². The number of halogens is 1. The molecule has 0 saturated heterocycles. The minimum atomic E-state index is -0.0950. The lowest BCUT2D eigenvalue weighted by Gasteiger charge is -2.18. The van der Waals surface area contributed by atoms with E-state index in [1.54, 1.807) is 4.90 Å². The topological polar surface area (TPSA) is 49.4 Å². The SMILES string of the molecule is CCN(CC)C(=O)CNC(=O)CCBr. The number of amides is 2. The van der Waals surface area contributed by atoms with Gasteiger partial charge < -0.3 is 10.2 Å². The normalized spacial score (nSPS) is 9.64. The molecular weight excluding hydrogens is 248 g/mol. The number of hydrogen-bond donors (Lipinski definition) is 1.